The van der Waals surface area contributed by atoms with Gasteiger partial charge < -0.3 is 4.42 Å². The van der Waals surface area contributed by atoms with Crippen LogP contribution >= 0.6 is 0 Å². The minimum Gasteiger partial charge on any atom is -0.441 e. The molecule has 0 saturated carbocycles. The van der Waals surface area contributed by atoms with Crippen LogP contribution in [0.4, 0.5) is 4.39 Å². The maximum absolute atomic E-state index is 12.7. The third-order valence-corrected chi connectivity index (χ3v) is 2.20. The molecule has 0 spiro atoms. The Balaban J connectivity index is 2.41. The van der Waals surface area contributed by atoms with Gasteiger partial charge in [-0.15, -0.1) is 0 Å². The second-order valence-electron chi connectivity index (χ2n) is 3.37. The topological polar surface area (TPSA) is 75.4 Å². The van der Waals surface area contributed by atoms with Crippen molar-refractivity contribution in [2.45, 2.75) is 6.92 Å². The molecule has 2 N–H and O–H groups in total. The molecule has 0 saturated heterocycles. The van der Waals surface area contributed by atoms with Gasteiger partial charge >= 0.3 is 0 Å². The normalized spacial score (nSPS) is 10.3. The van der Waals surface area contributed by atoms with E-state index in [-0.39, 0.29) is 23.2 Å². The second-order valence-corrected chi connectivity index (χ2v) is 3.37. The van der Waals surface area contributed by atoms with Gasteiger partial charge in [-0.05, 0) is 31.2 Å². The highest BCUT2D eigenvalue weighted by molar-refractivity contribution is 5.92. The number of aryl methyl sites for hydroxylation is 1. The number of hydrogen-bond donors (Lipinski definition) is 2. The summed E-state index contributed by atoms with van der Waals surface area (Å²) in [7, 11) is 0. The second kappa shape index (κ2) is 4.34. The molecule has 1 aromatic heterocycles. The number of rotatable bonds is 2. The molecule has 2 rings (SSSR count). The molecule has 2 aromatic rings. The van der Waals surface area contributed by atoms with Crippen LogP contribution in [0.2, 0.25) is 0 Å². The number of benzene rings is 1. The van der Waals surface area contributed by atoms with Crippen molar-refractivity contribution >= 4 is 5.91 Å². The molecule has 17 heavy (non-hydrogen) atoms. The fraction of sp³-hybridized carbons (Fsp3) is 0.0909. The van der Waals surface area contributed by atoms with Crippen LogP contribution in [-0.2, 0) is 0 Å². The summed E-state index contributed by atoms with van der Waals surface area (Å²) in [6.45, 7) is 1.55. The lowest BCUT2D eigenvalue weighted by Crippen LogP contribution is -2.19. The number of nitrogens with zero attached hydrogens (tertiary/aromatic N) is 1. The lowest BCUT2D eigenvalue weighted by Gasteiger charge is -1.93. The van der Waals surface area contributed by atoms with E-state index in [9.17, 15) is 9.18 Å². The smallest absolute Gasteiger partial charge is 0.296 e. The molecule has 1 aromatic carbocycles. The Bertz CT molecular complexity index is 548. The summed E-state index contributed by atoms with van der Waals surface area (Å²) in [6.07, 6.45) is 0. The van der Waals surface area contributed by atoms with Crippen LogP contribution < -0.4 is 5.48 Å². The van der Waals surface area contributed by atoms with E-state index in [1.807, 2.05) is 0 Å². The Hall–Kier alpha value is -2.21. The minimum absolute atomic E-state index is 0.00757. The number of carbonyl (C=O) groups excluding carboxylic acids is 1. The number of hydroxylamine groups is 1. The van der Waals surface area contributed by atoms with Gasteiger partial charge in [0.05, 0.1) is 0 Å². The van der Waals surface area contributed by atoms with Crippen molar-refractivity contribution < 1.29 is 18.8 Å². The number of amides is 1. The van der Waals surface area contributed by atoms with Gasteiger partial charge in [0.2, 0.25) is 5.89 Å². The Morgan fingerprint density at radius 1 is 1.41 bits per heavy atom. The summed E-state index contributed by atoms with van der Waals surface area (Å²) >= 11 is 0. The lowest BCUT2D eigenvalue weighted by molar-refractivity contribution is 0.0699. The van der Waals surface area contributed by atoms with Gasteiger partial charge in [-0.1, -0.05) is 0 Å². The number of carbonyl (C=O) groups is 1. The van der Waals surface area contributed by atoms with Gasteiger partial charge in [-0.3, -0.25) is 10.0 Å². The molecule has 88 valence electrons. The van der Waals surface area contributed by atoms with E-state index < -0.39 is 5.91 Å². The average Bonchev–Trinajstić information content (AvgIpc) is 2.71. The number of oxazole rings is 1. The molecule has 0 unspecified atom stereocenters. The van der Waals surface area contributed by atoms with Gasteiger partial charge in [0.15, 0.2) is 5.69 Å². The zero-order valence-corrected chi connectivity index (χ0v) is 8.90. The molecule has 5 nitrogen and oxygen atoms in total. The molecular formula is C11H9FN2O3. The summed E-state index contributed by atoms with van der Waals surface area (Å²) < 4.78 is 18.0. The molecule has 0 aliphatic heterocycles. The van der Waals surface area contributed by atoms with Crippen molar-refractivity contribution in [3.63, 3.8) is 0 Å². The number of aromatic nitrogens is 1. The number of hydrogen-bond acceptors (Lipinski definition) is 4. The monoisotopic (exact) mass is 236 g/mol. The van der Waals surface area contributed by atoms with E-state index in [0.717, 1.165) is 0 Å². The molecular weight excluding hydrogens is 227 g/mol. The van der Waals surface area contributed by atoms with Crippen molar-refractivity contribution in [1.29, 1.82) is 0 Å². The van der Waals surface area contributed by atoms with E-state index >= 15 is 0 Å². The third kappa shape index (κ3) is 2.16. The van der Waals surface area contributed by atoms with Crippen LogP contribution in [0, 0.1) is 12.7 Å². The molecule has 1 amide bonds. The molecule has 1 heterocycles. The summed E-state index contributed by atoms with van der Waals surface area (Å²) in [5.74, 6) is -0.651. The van der Waals surface area contributed by atoms with Crippen molar-refractivity contribution in [3.05, 3.63) is 41.5 Å². The van der Waals surface area contributed by atoms with Crippen molar-refractivity contribution in [3.8, 4) is 11.5 Å². The highest BCUT2D eigenvalue weighted by Crippen LogP contribution is 2.21. The van der Waals surface area contributed by atoms with Crippen LogP contribution in [-0.4, -0.2) is 16.1 Å². The maximum atomic E-state index is 12.7. The molecule has 0 fully saturated rings. The predicted octanol–water partition coefficient (Wildman–Crippen LogP) is 1.91. The maximum Gasteiger partial charge on any atom is 0.296 e. The largest absolute Gasteiger partial charge is 0.441 e. The zero-order valence-electron chi connectivity index (χ0n) is 8.90. The van der Waals surface area contributed by atoms with Gasteiger partial charge in [-0.25, -0.2) is 14.9 Å². The Kier molecular flexibility index (Phi) is 2.88. The SMILES string of the molecule is Cc1oc(-c2ccc(F)cc2)nc1C(=O)NO. The molecule has 0 radical (unpaired) electrons. The van der Waals surface area contributed by atoms with E-state index in [0.29, 0.717) is 5.56 Å². The minimum atomic E-state index is -0.750. The lowest BCUT2D eigenvalue weighted by atomic mass is 10.2. The van der Waals surface area contributed by atoms with Crippen molar-refractivity contribution in [2.75, 3.05) is 0 Å². The summed E-state index contributed by atoms with van der Waals surface area (Å²) in [5.41, 5.74) is 2.01. The van der Waals surface area contributed by atoms with E-state index in [4.69, 9.17) is 9.62 Å². The van der Waals surface area contributed by atoms with Gasteiger partial charge in [0.25, 0.3) is 5.91 Å². The first-order valence-corrected chi connectivity index (χ1v) is 4.79. The fourth-order valence-corrected chi connectivity index (χ4v) is 1.38. The summed E-state index contributed by atoms with van der Waals surface area (Å²) in [5, 5.41) is 8.50. The van der Waals surface area contributed by atoms with E-state index in [1.54, 1.807) is 6.92 Å². The van der Waals surface area contributed by atoms with E-state index in [1.165, 1.54) is 29.7 Å². The van der Waals surface area contributed by atoms with E-state index in [2.05, 4.69) is 4.98 Å². The van der Waals surface area contributed by atoms with Crippen LogP contribution in [0.5, 0.6) is 0 Å². The van der Waals surface area contributed by atoms with Gasteiger partial charge in [-0.2, -0.15) is 0 Å². The Labute approximate surface area is 95.9 Å². The highest BCUT2D eigenvalue weighted by Gasteiger charge is 2.17. The summed E-state index contributed by atoms with van der Waals surface area (Å²) in [4.78, 5) is 15.1. The Morgan fingerprint density at radius 2 is 2.06 bits per heavy atom. The van der Waals surface area contributed by atoms with Crippen LogP contribution in [0.3, 0.4) is 0 Å². The quantitative estimate of drug-likeness (QED) is 0.617. The molecule has 0 atom stereocenters. The Morgan fingerprint density at radius 3 is 2.65 bits per heavy atom. The molecule has 0 aliphatic rings. The standard InChI is InChI=1S/C11H9FN2O3/c1-6-9(10(15)14-16)13-11(17-6)7-2-4-8(12)5-3-7/h2-5,16H,1H3,(H,14,15). The van der Waals surface area contributed by atoms with Crippen LogP contribution in [0.1, 0.15) is 16.2 Å². The van der Waals surface area contributed by atoms with Gasteiger partial charge in [0, 0.05) is 5.56 Å². The van der Waals surface area contributed by atoms with Crippen molar-refractivity contribution in [1.82, 2.24) is 10.5 Å². The summed E-state index contributed by atoms with van der Waals surface area (Å²) in [6, 6.07) is 5.50. The van der Waals surface area contributed by atoms with Gasteiger partial charge in [0.1, 0.15) is 11.6 Å². The first-order valence-electron chi connectivity index (χ1n) is 4.79. The first-order chi connectivity index (χ1) is 8.11. The zero-order chi connectivity index (χ0) is 12.4. The van der Waals surface area contributed by atoms with Crippen LogP contribution in [0.25, 0.3) is 11.5 Å². The molecule has 0 aliphatic carbocycles. The highest BCUT2D eigenvalue weighted by atomic mass is 19.1. The molecule has 0 bridgehead atoms. The first kappa shape index (κ1) is 11.3. The molecule has 6 heteroatoms. The predicted molar refractivity (Wildman–Crippen MR) is 55.9 cm³/mol. The third-order valence-electron chi connectivity index (χ3n) is 2.20. The number of nitrogens with one attached hydrogen (secondary N) is 1. The fourth-order valence-electron chi connectivity index (χ4n) is 1.38. The number of halogens is 1. The van der Waals surface area contributed by atoms with Crippen molar-refractivity contribution in [2.24, 2.45) is 0 Å². The average molecular weight is 236 g/mol. The van der Waals surface area contributed by atoms with Crippen LogP contribution in [0.15, 0.2) is 28.7 Å².